The average molecular weight is 286 g/mol. The van der Waals surface area contributed by atoms with Gasteiger partial charge in [-0.25, -0.2) is 0 Å². The summed E-state index contributed by atoms with van der Waals surface area (Å²) < 4.78 is 0. The highest BCUT2D eigenvalue weighted by Gasteiger charge is 2.28. The summed E-state index contributed by atoms with van der Waals surface area (Å²) in [6.45, 7) is 8.78. The number of nitrogens with two attached hydrogens (primary N) is 1. The van der Waals surface area contributed by atoms with E-state index in [1.807, 2.05) is 32.8 Å². The van der Waals surface area contributed by atoms with Gasteiger partial charge in [-0.05, 0) is 32.4 Å². The van der Waals surface area contributed by atoms with E-state index in [-0.39, 0.29) is 23.7 Å². The van der Waals surface area contributed by atoms with Crippen molar-refractivity contribution in [3.8, 4) is 0 Å². The fourth-order valence-corrected chi connectivity index (χ4v) is 2.32. The van der Waals surface area contributed by atoms with E-state index >= 15 is 0 Å². The largest absolute Gasteiger partial charge is 0.409 e. The third-order valence-electron chi connectivity index (χ3n) is 3.07. The molecule has 4 N–H and O–H groups in total. The van der Waals surface area contributed by atoms with E-state index in [4.69, 9.17) is 10.9 Å². The van der Waals surface area contributed by atoms with Crippen LogP contribution in [0.5, 0.6) is 0 Å². The van der Waals surface area contributed by atoms with Crippen LogP contribution in [0.2, 0.25) is 0 Å². The van der Waals surface area contributed by atoms with Gasteiger partial charge in [0.05, 0.1) is 0 Å². The van der Waals surface area contributed by atoms with Crippen molar-refractivity contribution in [1.82, 2.24) is 10.2 Å². The van der Waals surface area contributed by atoms with E-state index in [1.54, 1.807) is 0 Å². The van der Waals surface area contributed by atoms with Gasteiger partial charge in [0, 0.05) is 12.6 Å². The van der Waals surface area contributed by atoms with Crippen LogP contribution < -0.4 is 11.1 Å². The Morgan fingerprint density at radius 2 is 1.85 bits per heavy atom. The first-order valence-electron chi connectivity index (χ1n) is 7.11. The van der Waals surface area contributed by atoms with Gasteiger partial charge in [0.1, 0.15) is 5.92 Å². The number of likely N-dealkylation sites (N-methyl/N-ethyl adjacent to an activating group) is 1. The van der Waals surface area contributed by atoms with Crippen molar-refractivity contribution in [2.24, 2.45) is 28.6 Å². The maximum absolute atomic E-state index is 12.4. The standard InChI is InChI=1S/C14H30N4O2/c1-9(2)7-11(8-18(5)6)16-14(19)12(10(3)4)13(15)17-20/h9-12,20H,7-8H2,1-6H3,(H2,15,17)(H,16,19). The molecule has 6 heteroatoms. The van der Waals surface area contributed by atoms with Gasteiger partial charge >= 0.3 is 0 Å². The first-order chi connectivity index (χ1) is 9.18. The Balaban J connectivity index is 4.86. The zero-order valence-corrected chi connectivity index (χ0v) is 13.6. The normalized spacial score (nSPS) is 15.8. The van der Waals surface area contributed by atoms with E-state index in [0.717, 1.165) is 13.0 Å². The second-order valence-corrected chi connectivity index (χ2v) is 6.34. The second kappa shape index (κ2) is 8.79. The molecule has 0 saturated carbocycles. The molecule has 0 bridgehead atoms. The summed E-state index contributed by atoms with van der Waals surface area (Å²) in [6, 6.07) is 0.0604. The monoisotopic (exact) mass is 286 g/mol. The van der Waals surface area contributed by atoms with Crippen LogP contribution >= 0.6 is 0 Å². The van der Waals surface area contributed by atoms with Gasteiger partial charge in [-0.2, -0.15) is 0 Å². The lowest BCUT2D eigenvalue weighted by Crippen LogP contribution is -2.49. The van der Waals surface area contributed by atoms with Gasteiger partial charge in [-0.15, -0.1) is 0 Å². The van der Waals surface area contributed by atoms with Gasteiger partial charge in [-0.1, -0.05) is 32.9 Å². The highest BCUT2D eigenvalue weighted by molar-refractivity contribution is 6.02. The molecule has 20 heavy (non-hydrogen) atoms. The van der Waals surface area contributed by atoms with Crippen molar-refractivity contribution >= 4 is 11.7 Å². The van der Waals surface area contributed by atoms with Crippen LogP contribution in [0.4, 0.5) is 0 Å². The molecule has 0 heterocycles. The number of hydrogen-bond donors (Lipinski definition) is 3. The van der Waals surface area contributed by atoms with Gasteiger partial charge < -0.3 is 21.2 Å². The number of nitrogens with one attached hydrogen (secondary N) is 1. The third kappa shape index (κ3) is 6.75. The summed E-state index contributed by atoms with van der Waals surface area (Å²) in [5, 5.41) is 14.8. The van der Waals surface area contributed by atoms with Crippen LogP contribution in [0.25, 0.3) is 0 Å². The molecule has 0 radical (unpaired) electrons. The Morgan fingerprint density at radius 1 is 1.30 bits per heavy atom. The molecule has 0 spiro atoms. The number of rotatable bonds is 8. The number of carbonyl (C=O) groups excluding carboxylic acids is 1. The molecule has 0 rings (SSSR count). The predicted octanol–water partition coefficient (Wildman–Crippen LogP) is 1.10. The van der Waals surface area contributed by atoms with Crippen LogP contribution in [0.15, 0.2) is 5.16 Å². The Kier molecular flexibility index (Phi) is 8.22. The van der Waals surface area contributed by atoms with Crippen molar-refractivity contribution in [3.63, 3.8) is 0 Å². The lowest BCUT2D eigenvalue weighted by molar-refractivity contribution is -0.125. The molecule has 0 saturated heterocycles. The summed E-state index contributed by atoms with van der Waals surface area (Å²) in [6.07, 6.45) is 0.894. The highest BCUT2D eigenvalue weighted by atomic mass is 16.4. The zero-order chi connectivity index (χ0) is 15.9. The fraction of sp³-hybridized carbons (Fsp3) is 0.857. The second-order valence-electron chi connectivity index (χ2n) is 6.34. The quantitative estimate of drug-likeness (QED) is 0.270. The fourth-order valence-electron chi connectivity index (χ4n) is 2.32. The molecule has 2 atom stereocenters. The SMILES string of the molecule is CC(C)CC(CN(C)C)NC(=O)C(C(N)=NO)C(C)C. The number of amidine groups is 1. The number of amides is 1. The molecule has 0 aliphatic rings. The molecule has 0 aromatic rings. The van der Waals surface area contributed by atoms with Crippen LogP contribution in [-0.4, -0.2) is 48.5 Å². The Morgan fingerprint density at radius 3 is 2.20 bits per heavy atom. The third-order valence-corrected chi connectivity index (χ3v) is 3.07. The first-order valence-corrected chi connectivity index (χ1v) is 7.11. The smallest absolute Gasteiger partial charge is 0.231 e. The first kappa shape index (κ1) is 18.7. The summed E-state index contributed by atoms with van der Waals surface area (Å²) in [5.41, 5.74) is 5.63. The van der Waals surface area contributed by atoms with Gasteiger partial charge in [-0.3, -0.25) is 4.79 Å². The summed E-state index contributed by atoms with van der Waals surface area (Å²) in [5.74, 6) is -0.350. The van der Waals surface area contributed by atoms with Crippen LogP contribution in [-0.2, 0) is 4.79 Å². The van der Waals surface area contributed by atoms with Crippen molar-refractivity contribution < 1.29 is 10.0 Å². The van der Waals surface area contributed by atoms with E-state index in [1.165, 1.54) is 0 Å². The van der Waals surface area contributed by atoms with Crippen molar-refractivity contribution in [2.45, 2.75) is 40.2 Å². The van der Waals surface area contributed by atoms with Crippen molar-refractivity contribution in [1.29, 1.82) is 0 Å². The minimum Gasteiger partial charge on any atom is -0.409 e. The number of carbonyl (C=O) groups is 1. The summed E-state index contributed by atoms with van der Waals surface area (Å²) in [7, 11) is 3.95. The molecular formula is C14H30N4O2. The van der Waals surface area contributed by atoms with Crippen LogP contribution in [0.3, 0.4) is 0 Å². The minimum atomic E-state index is -0.600. The Bertz CT molecular complexity index is 317. The van der Waals surface area contributed by atoms with Gasteiger partial charge in [0.2, 0.25) is 5.91 Å². The van der Waals surface area contributed by atoms with Crippen LogP contribution in [0.1, 0.15) is 34.1 Å². The molecule has 118 valence electrons. The maximum Gasteiger partial charge on any atom is 0.231 e. The number of nitrogens with zero attached hydrogens (tertiary/aromatic N) is 2. The maximum atomic E-state index is 12.4. The minimum absolute atomic E-state index is 0.0232. The average Bonchev–Trinajstić information content (AvgIpc) is 2.26. The lowest BCUT2D eigenvalue weighted by atomic mass is 9.93. The molecule has 0 aromatic heterocycles. The van der Waals surface area contributed by atoms with E-state index < -0.39 is 5.92 Å². The lowest BCUT2D eigenvalue weighted by Gasteiger charge is -2.27. The molecule has 0 aliphatic carbocycles. The molecule has 2 unspecified atom stereocenters. The predicted molar refractivity (Wildman–Crippen MR) is 81.7 cm³/mol. The number of oxime groups is 1. The van der Waals surface area contributed by atoms with Gasteiger partial charge in [0.25, 0.3) is 0 Å². The van der Waals surface area contributed by atoms with E-state index in [9.17, 15) is 4.79 Å². The summed E-state index contributed by atoms with van der Waals surface area (Å²) >= 11 is 0. The highest BCUT2D eigenvalue weighted by Crippen LogP contribution is 2.13. The van der Waals surface area contributed by atoms with E-state index in [2.05, 4.69) is 24.3 Å². The summed E-state index contributed by atoms with van der Waals surface area (Å²) in [4.78, 5) is 14.4. The molecular weight excluding hydrogens is 256 g/mol. The Labute approximate surface area is 122 Å². The molecule has 0 aliphatic heterocycles. The zero-order valence-electron chi connectivity index (χ0n) is 13.6. The molecule has 6 nitrogen and oxygen atoms in total. The van der Waals surface area contributed by atoms with Crippen LogP contribution in [0, 0.1) is 17.8 Å². The Hall–Kier alpha value is -1.30. The molecule has 1 amide bonds. The topological polar surface area (TPSA) is 91.0 Å². The van der Waals surface area contributed by atoms with Gasteiger partial charge in [0.15, 0.2) is 5.84 Å². The van der Waals surface area contributed by atoms with Crippen molar-refractivity contribution in [2.75, 3.05) is 20.6 Å². The van der Waals surface area contributed by atoms with E-state index in [0.29, 0.717) is 5.92 Å². The molecule has 0 fully saturated rings. The van der Waals surface area contributed by atoms with Crippen molar-refractivity contribution in [3.05, 3.63) is 0 Å². The number of hydrogen-bond acceptors (Lipinski definition) is 4. The molecule has 0 aromatic carbocycles.